The molecule has 21 heteroatoms. The topological polar surface area (TPSA) is 0 Å². The van der Waals surface area contributed by atoms with Crippen molar-refractivity contribution in [2.75, 3.05) is 0 Å². The Morgan fingerprint density at radius 1 is 0.229 bits per heavy atom. The van der Waals surface area contributed by atoms with Gasteiger partial charge in [0.2, 0.25) is 11.3 Å². The predicted octanol–water partition coefficient (Wildman–Crippen LogP) is 6.67. The fourth-order valence-electron chi connectivity index (χ4n) is 4.80. The molecule has 0 heterocycles. The molecule has 3 fully saturated rings. The fraction of sp³-hybridized carbons (Fsp3) is 1.00. The smallest absolute Gasteiger partial charge is 0.233 e. The van der Waals surface area contributed by atoms with Crippen molar-refractivity contribution in [3.63, 3.8) is 0 Å². The first-order chi connectivity index (χ1) is 14.8. The maximum Gasteiger partial charge on any atom is 0.382 e. The van der Waals surface area contributed by atoms with Gasteiger partial charge in [-0.2, -0.15) is 70.2 Å². The van der Waals surface area contributed by atoms with Crippen LogP contribution in [0, 0.1) is 0 Å². The van der Waals surface area contributed by atoms with Crippen LogP contribution in [0.2, 0.25) is 0 Å². The Balaban J connectivity index is 2.79. The summed E-state index contributed by atoms with van der Waals surface area (Å²) in [5.74, 6) is -67.9. The highest BCUT2D eigenvalue weighted by Crippen LogP contribution is 2.87. The van der Waals surface area contributed by atoms with E-state index < -0.39 is 82.6 Å². The van der Waals surface area contributed by atoms with Crippen molar-refractivity contribution in [3.8, 4) is 0 Å². The van der Waals surface area contributed by atoms with E-state index in [0.29, 0.717) is 0 Å². The number of hydrogen-bond acceptors (Lipinski definition) is 0. The summed E-state index contributed by atoms with van der Waals surface area (Å²) < 4.78 is 299. The minimum absolute atomic E-state index is 1.92. The van der Waals surface area contributed by atoms with Gasteiger partial charge in [-0.05, 0) is 6.92 Å². The zero-order valence-corrected chi connectivity index (χ0v) is 15.4. The molecule has 206 valence electrons. The van der Waals surface area contributed by atoms with Crippen LogP contribution in [0.15, 0.2) is 0 Å². The zero-order chi connectivity index (χ0) is 28.5. The minimum Gasteiger partial charge on any atom is -0.233 e. The van der Waals surface area contributed by atoms with Gasteiger partial charge >= 0.3 is 47.4 Å². The van der Waals surface area contributed by atoms with Crippen molar-refractivity contribution >= 4 is 0 Å². The quantitative estimate of drug-likeness (QED) is 0.286. The van der Waals surface area contributed by atoms with Gasteiger partial charge in [-0.15, -0.1) is 0 Å². The predicted molar refractivity (Wildman–Crippen MR) is 64.4 cm³/mol. The average molecular weight is 570 g/mol. The summed E-state index contributed by atoms with van der Waals surface area (Å²) in [5, 5.41) is 0. The molecule has 3 saturated carbocycles. The van der Waals surface area contributed by atoms with Gasteiger partial charge in [0.05, 0.1) is 0 Å². The summed E-state index contributed by atoms with van der Waals surface area (Å²) in [6.07, 6.45) is 0. The molecule has 0 saturated heterocycles. The molecule has 0 spiro atoms. The maximum absolute atomic E-state index is 15.4. The van der Waals surface area contributed by atoms with Crippen LogP contribution in [-0.4, -0.2) is 75.7 Å². The van der Waals surface area contributed by atoms with E-state index in [9.17, 15) is 79.0 Å². The largest absolute Gasteiger partial charge is 0.382 e. The third-order valence-corrected chi connectivity index (χ3v) is 6.80. The first-order valence-corrected chi connectivity index (χ1v) is 8.22. The number of alkyl halides is 21. The lowest BCUT2D eigenvalue weighted by Gasteiger charge is -2.60. The molecule has 5 unspecified atom stereocenters. The first kappa shape index (κ1) is 28.1. The van der Waals surface area contributed by atoms with Crippen molar-refractivity contribution in [2.24, 2.45) is 0 Å². The average Bonchev–Trinajstić information content (AvgIpc) is 2.75. The Labute approximate surface area is 176 Å². The Kier molecular flexibility index (Phi) is 4.43. The van der Waals surface area contributed by atoms with Crippen LogP contribution in [0.25, 0.3) is 0 Å². The van der Waals surface area contributed by atoms with E-state index in [4.69, 9.17) is 0 Å². The van der Waals surface area contributed by atoms with Crippen LogP contribution in [0.1, 0.15) is 6.92 Å². The molecule has 3 aliphatic rings. The van der Waals surface area contributed by atoms with Crippen LogP contribution in [0.4, 0.5) is 92.2 Å². The van der Waals surface area contributed by atoms with Crippen molar-refractivity contribution in [1.82, 2.24) is 0 Å². The number of fused-ring (bicyclic) bond motifs is 3. The molecule has 0 aliphatic heterocycles. The van der Waals surface area contributed by atoms with Crippen LogP contribution in [0.5, 0.6) is 0 Å². The van der Waals surface area contributed by atoms with Crippen LogP contribution in [0.3, 0.4) is 0 Å². The Bertz CT molecular complexity index is 903. The molecule has 0 aromatic rings. The number of hydrogen-bond donors (Lipinski definition) is 0. The van der Waals surface area contributed by atoms with Gasteiger partial charge in [0.25, 0.3) is 17.0 Å². The molecule has 0 radical (unpaired) electrons. The van der Waals surface area contributed by atoms with Gasteiger partial charge < -0.3 is 0 Å². The van der Waals surface area contributed by atoms with Crippen LogP contribution < -0.4 is 0 Å². The lowest BCUT2D eigenvalue weighted by atomic mass is 9.55. The van der Waals surface area contributed by atoms with E-state index in [1.165, 1.54) is 0 Å². The van der Waals surface area contributed by atoms with E-state index in [-0.39, 0.29) is 0 Å². The van der Waals surface area contributed by atoms with Gasteiger partial charge in [-0.1, -0.05) is 0 Å². The van der Waals surface area contributed by atoms with E-state index >= 15 is 13.2 Å². The Morgan fingerprint density at radius 3 is 0.771 bits per heavy atom. The van der Waals surface area contributed by atoms with Crippen molar-refractivity contribution in [1.29, 1.82) is 0 Å². The third kappa shape index (κ3) is 1.70. The summed E-state index contributed by atoms with van der Waals surface area (Å²) >= 11 is 0. The Morgan fingerprint density at radius 2 is 0.457 bits per heavy atom. The first-order valence-electron chi connectivity index (χ1n) is 8.22. The molecule has 5 atom stereocenters. The molecule has 0 aromatic carbocycles. The number of rotatable bonds is 0. The normalized spacial score (nSPS) is 51.3. The maximum atomic E-state index is 15.4. The lowest BCUT2D eigenvalue weighted by Crippen LogP contribution is -2.92. The fourth-order valence-corrected chi connectivity index (χ4v) is 4.80. The van der Waals surface area contributed by atoms with E-state index in [2.05, 4.69) is 0 Å². The van der Waals surface area contributed by atoms with Gasteiger partial charge in [0, 0.05) is 0 Å². The molecule has 0 aromatic heterocycles. The molecule has 0 nitrogen and oxygen atoms in total. The summed E-state index contributed by atoms with van der Waals surface area (Å²) in [6.45, 7) is -1.92. The summed E-state index contributed by atoms with van der Waals surface area (Å²) in [5.41, 5.74) is -42.5. The van der Waals surface area contributed by atoms with Gasteiger partial charge in [0.1, 0.15) is 0 Å². The van der Waals surface area contributed by atoms with Gasteiger partial charge in [-0.3, -0.25) is 0 Å². The SMILES string of the molecule is CC1(F)C(F)(F)C(F)(F)C(F)(F)C2(F)C(F)(F)C3(F)C(F)(F)C(F)(F)C(F)(F)C(F)(F)C3(F)C12F. The van der Waals surface area contributed by atoms with E-state index in [1.54, 1.807) is 0 Å². The lowest BCUT2D eigenvalue weighted by molar-refractivity contribution is -0.489. The molecule has 35 heavy (non-hydrogen) atoms. The zero-order valence-electron chi connectivity index (χ0n) is 15.4. The second-order valence-electron chi connectivity index (χ2n) is 8.23. The standard InChI is InChI=1S/C14H3F21/c1-2(15)3(16)4(17)6(19,11(28,29)14(34,35)13(32,33)9(4,24)25)8(22,23)5(3,18)10(26,27)12(30,31)7(2,20)21/h1H3. The monoisotopic (exact) mass is 570 g/mol. The summed E-state index contributed by atoms with van der Waals surface area (Å²) in [6, 6.07) is 0. The van der Waals surface area contributed by atoms with E-state index in [0.717, 1.165) is 0 Å². The van der Waals surface area contributed by atoms with Crippen molar-refractivity contribution < 1.29 is 92.2 Å². The molecule has 0 amide bonds. The molecule has 3 aliphatic carbocycles. The van der Waals surface area contributed by atoms with Crippen molar-refractivity contribution in [2.45, 2.75) is 82.6 Å². The second-order valence-corrected chi connectivity index (χ2v) is 8.23. The molecule has 3 rings (SSSR count). The molecule has 0 N–H and O–H groups in total. The third-order valence-electron chi connectivity index (χ3n) is 6.80. The highest BCUT2D eigenvalue weighted by Gasteiger charge is 3.21. The van der Waals surface area contributed by atoms with E-state index in [1.807, 2.05) is 0 Å². The summed E-state index contributed by atoms with van der Waals surface area (Å²) in [7, 11) is 0. The van der Waals surface area contributed by atoms with Crippen molar-refractivity contribution in [3.05, 3.63) is 0 Å². The van der Waals surface area contributed by atoms with Crippen LogP contribution in [-0.2, 0) is 0 Å². The highest BCUT2D eigenvalue weighted by atomic mass is 19.4. The second kappa shape index (κ2) is 5.52. The Hall–Kier alpha value is -1.47. The number of halogens is 21. The molecular weight excluding hydrogens is 567 g/mol. The molecular formula is C14H3F21. The molecule has 0 bridgehead atoms. The highest BCUT2D eigenvalue weighted by molar-refractivity contribution is 5.54. The van der Waals surface area contributed by atoms with Gasteiger partial charge in [-0.25, -0.2) is 22.0 Å². The summed E-state index contributed by atoms with van der Waals surface area (Å²) in [4.78, 5) is 0. The minimum atomic E-state index is -8.85. The van der Waals surface area contributed by atoms with Gasteiger partial charge in [0.15, 0.2) is 0 Å². The van der Waals surface area contributed by atoms with Crippen LogP contribution >= 0.6 is 0 Å².